The minimum atomic E-state index is -4.27. The van der Waals surface area contributed by atoms with Gasteiger partial charge in [-0.1, -0.05) is 48.5 Å². The van der Waals surface area contributed by atoms with Crippen LogP contribution >= 0.6 is 0 Å². The lowest BCUT2D eigenvalue weighted by Gasteiger charge is -2.66. The number of nitriles is 1. The summed E-state index contributed by atoms with van der Waals surface area (Å²) in [4.78, 5) is 59.8. The number of carbonyl (C=O) groups is 3. The number of hydrogen-bond donors (Lipinski definition) is 2. The molecule has 1 aliphatic heterocycles. The van der Waals surface area contributed by atoms with Crippen LogP contribution in [0.4, 0.5) is 4.11 Å². The second-order valence-corrected chi connectivity index (χ2v) is 23.4. The van der Waals surface area contributed by atoms with E-state index in [2.05, 4.69) is 10.3 Å². The first kappa shape index (κ1) is 44.6. The fraction of sp³-hybridized carbons (Fsp3) is 0.556. The molecule has 1 aromatic carbocycles. The number of aliphatic hydroxyl groups excluding tert-OH is 1. The number of amides is 1. The quantitative estimate of drug-likeness (QED) is 0.123. The highest BCUT2D eigenvalue weighted by atomic mass is 28.4. The second-order valence-electron chi connectivity index (χ2n) is 19.0. The van der Waals surface area contributed by atoms with Gasteiger partial charge in [-0.15, -0.1) is 0 Å². The van der Waals surface area contributed by atoms with Gasteiger partial charge in [0.05, 0.1) is 41.4 Å². The van der Waals surface area contributed by atoms with Crippen molar-refractivity contribution >= 4 is 26.5 Å². The minimum absolute atomic E-state index is 0.0282. The molecule has 0 spiro atoms. The van der Waals surface area contributed by atoms with Crippen molar-refractivity contribution in [2.75, 3.05) is 13.2 Å². The summed E-state index contributed by atoms with van der Waals surface area (Å²) in [7, 11) is -4.27. The fourth-order valence-corrected chi connectivity index (χ4v) is 14.2. The maximum absolute atomic E-state index is 17.9. The predicted molar refractivity (Wildman–Crippen MR) is 220 cm³/mol. The Balaban J connectivity index is 1.54. The summed E-state index contributed by atoms with van der Waals surface area (Å²) in [5, 5.41) is 22.9. The van der Waals surface area contributed by atoms with Gasteiger partial charge in [0.2, 0.25) is 5.91 Å². The van der Waals surface area contributed by atoms with E-state index in [0.29, 0.717) is 11.1 Å². The van der Waals surface area contributed by atoms with Gasteiger partial charge >= 0.3 is 26.2 Å². The van der Waals surface area contributed by atoms with Gasteiger partial charge in [-0.2, -0.15) is 5.26 Å². The third-order valence-corrected chi connectivity index (χ3v) is 17.8. The van der Waals surface area contributed by atoms with Gasteiger partial charge in [0, 0.05) is 40.0 Å². The fourth-order valence-electron chi connectivity index (χ4n) is 10.5. The van der Waals surface area contributed by atoms with Crippen LogP contribution in [-0.2, 0) is 23.5 Å². The number of carbonyl (C=O) groups excluding carboxylic acids is 3. The van der Waals surface area contributed by atoms with E-state index in [-0.39, 0.29) is 48.5 Å². The molecule has 3 aromatic rings. The van der Waals surface area contributed by atoms with E-state index >= 15 is 4.11 Å². The average Bonchev–Trinajstić information content (AvgIpc) is 3.18. The molecule has 8 atom stereocenters. The van der Waals surface area contributed by atoms with Crippen molar-refractivity contribution in [3.63, 3.8) is 0 Å². The summed E-state index contributed by atoms with van der Waals surface area (Å²) in [6.07, 6.45) is -0.257. The molecule has 0 saturated heterocycles. The van der Waals surface area contributed by atoms with Gasteiger partial charge in [-0.05, 0) is 87.8 Å². The Morgan fingerprint density at radius 2 is 1.73 bits per heavy atom. The monoisotopic (exact) mass is 845 g/mol. The molecular weight excluding hydrogens is 790 g/mol. The molecule has 3 heterocycles. The number of ether oxygens (including phenoxy) is 3. The largest absolute Gasteiger partial charge is 0.482 e. The number of hydrogen-bond acceptors (Lipinski definition) is 12. The smallest absolute Gasteiger partial charge is 0.394 e. The summed E-state index contributed by atoms with van der Waals surface area (Å²) in [6.45, 7) is 17.3. The van der Waals surface area contributed by atoms with Crippen LogP contribution in [0, 0.1) is 34.0 Å². The lowest BCUT2D eigenvalue weighted by Crippen LogP contribution is -2.73. The maximum atomic E-state index is 17.9. The number of esters is 2. The van der Waals surface area contributed by atoms with Gasteiger partial charge in [0.25, 0.3) is 0 Å². The van der Waals surface area contributed by atoms with E-state index in [1.165, 1.54) is 36.5 Å². The van der Waals surface area contributed by atoms with Crippen LogP contribution in [0.3, 0.4) is 0 Å². The van der Waals surface area contributed by atoms with Crippen molar-refractivity contribution in [1.29, 1.82) is 5.26 Å². The number of fused-ring (bicyclic) bond motifs is 4. The molecule has 1 amide bonds. The van der Waals surface area contributed by atoms with Crippen molar-refractivity contribution in [1.82, 2.24) is 10.3 Å². The summed E-state index contributed by atoms with van der Waals surface area (Å²) in [5.41, 5.74) is -4.22. The van der Waals surface area contributed by atoms with Crippen LogP contribution < -0.4 is 15.7 Å². The number of benzene rings is 1. The van der Waals surface area contributed by atoms with Gasteiger partial charge in [-0.3, -0.25) is 18.7 Å². The highest BCUT2D eigenvalue weighted by Crippen LogP contribution is 2.68. The molecule has 0 unspecified atom stereocenters. The maximum Gasteiger partial charge on any atom is 0.394 e. The van der Waals surface area contributed by atoms with E-state index in [9.17, 15) is 29.5 Å². The third-order valence-electron chi connectivity index (χ3n) is 13.3. The number of aromatic nitrogens is 1. The Kier molecular flexibility index (Phi) is 11.8. The first-order valence-corrected chi connectivity index (χ1v) is 22.2. The van der Waals surface area contributed by atoms with Crippen LogP contribution in [-0.4, -0.2) is 67.5 Å². The number of halogens is 1. The van der Waals surface area contributed by atoms with Gasteiger partial charge in [0.1, 0.15) is 35.3 Å². The van der Waals surface area contributed by atoms with Crippen LogP contribution in [0.15, 0.2) is 64.1 Å². The molecule has 13 nitrogen and oxygen atoms in total. The van der Waals surface area contributed by atoms with Crippen molar-refractivity contribution in [3.05, 3.63) is 82.0 Å². The Morgan fingerprint density at radius 1 is 1.07 bits per heavy atom. The molecule has 60 heavy (non-hydrogen) atoms. The molecule has 2 aliphatic carbocycles. The van der Waals surface area contributed by atoms with Gasteiger partial charge in [0.15, 0.2) is 0 Å². The Morgan fingerprint density at radius 3 is 2.32 bits per heavy atom. The third kappa shape index (κ3) is 7.45. The zero-order chi connectivity index (χ0) is 44.2. The van der Waals surface area contributed by atoms with E-state index in [4.69, 9.17) is 23.1 Å². The molecule has 0 bridgehead atoms. The zero-order valence-corrected chi connectivity index (χ0v) is 37.0. The van der Waals surface area contributed by atoms with E-state index in [1.807, 2.05) is 13.0 Å². The van der Waals surface area contributed by atoms with Crippen molar-refractivity contribution in [2.45, 2.75) is 122 Å². The highest BCUT2D eigenvalue weighted by molar-refractivity contribution is 6.72. The second kappa shape index (κ2) is 15.8. The number of nitrogens with zero attached hydrogens (tertiary/aromatic N) is 2. The van der Waals surface area contributed by atoms with Crippen LogP contribution in [0.2, 0.25) is 10.1 Å². The molecule has 322 valence electrons. The molecule has 15 heteroatoms. The molecule has 2 saturated carbocycles. The number of aliphatic hydroxyl groups is 1. The van der Waals surface area contributed by atoms with E-state index in [1.54, 1.807) is 80.6 Å². The van der Waals surface area contributed by atoms with Gasteiger partial charge in [-0.25, -0.2) is 9.59 Å². The van der Waals surface area contributed by atoms with Crippen molar-refractivity contribution in [3.8, 4) is 23.1 Å². The summed E-state index contributed by atoms with van der Waals surface area (Å²) >= 11 is 0. The standard InChI is InChI=1S/C45H56FN3O10Si/c1-11-55-34(50)25-49-40(54)44(9)31-22-33(57-38(52)27-16-14-26(23-47)15-17-27)45(10)37(43(31,8)19-18-32(44)59-60(46,41(2,3)4)42(5,6)7)36(51)35-30(58-45)21-29(56-39(35)53)28-13-12-20-48-24-28/h12-17,20-21,24,31-33,36-37,51H,11,18-19,22,25H2,1-10H3,(H,49,54)/t31-,32+,33+,36+,37-,43+,44+,45-/m1/s1. The number of rotatable bonds is 9. The first-order valence-electron chi connectivity index (χ1n) is 20.4. The molecule has 3 aliphatic rings. The van der Waals surface area contributed by atoms with Crippen LogP contribution in [0.1, 0.15) is 116 Å². The molecule has 2 aromatic heterocycles. The Bertz CT molecular complexity index is 2220. The first-order chi connectivity index (χ1) is 28.0. The molecule has 6 rings (SSSR count). The number of pyridine rings is 1. The Hall–Kier alpha value is -4.91. The van der Waals surface area contributed by atoms with Crippen molar-refractivity contribution in [2.24, 2.45) is 22.7 Å². The molecule has 2 fully saturated rings. The lowest BCUT2D eigenvalue weighted by molar-refractivity contribution is -0.255. The summed E-state index contributed by atoms with van der Waals surface area (Å²) < 4.78 is 48.8. The molecule has 2 N–H and O–H groups in total. The van der Waals surface area contributed by atoms with Crippen LogP contribution in [0.25, 0.3) is 11.3 Å². The van der Waals surface area contributed by atoms with E-state index < -0.39 is 95.3 Å². The lowest BCUT2D eigenvalue weighted by atomic mass is 9.42. The Labute approximate surface area is 351 Å². The topological polar surface area (TPSA) is 187 Å². The highest BCUT2D eigenvalue weighted by Gasteiger charge is 2.73. The minimum Gasteiger partial charge on any atom is -0.482 e. The molecular formula is C45H56FN3O10Si. The normalized spacial score (nSPS) is 28.8. The summed E-state index contributed by atoms with van der Waals surface area (Å²) in [6, 6.07) is 12.8. The SMILES string of the molecule is CCOC(=O)CNC(=O)[C@]1(C)[C@@H](O[Si](F)(C(C)(C)C)C(C)(C)C)CC[C@]2(C)[C@H]3[C@@H](O)c4c(cc(-c5cccnc5)oc4=O)O[C@]3(C)[C@@H](OC(=O)c3ccc(C#N)cc3)C[C@H]21. The van der Waals surface area contributed by atoms with E-state index in [0.717, 1.165) is 0 Å². The predicted octanol–water partition coefficient (Wildman–Crippen LogP) is 7.50. The van der Waals surface area contributed by atoms with Crippen molar-refractivity contribution < 1.29 is 46.7 Å². The zero-order valence-electron chi connectivity index (χ0n) is 36.0. The average molecular weight is 846 g/mol. The summed E-state index contributed by atoms with van der Waals surface area (Å²) in [5.74, 6) is -3.70. The molecule has 0 radical (unpaired) electrons. The number of nitrogens with one attached hydrogen (secondary N) is 1. The van der Waals surface area contributed by atoms with Crippen LogP contribution in [0.5, 0.6) is 5.75 Å². The van der Waals surface area contributed by atoms with Gasteiger partial charge < -0.3 is 33.5 Å².